The van der Waals surface area contributed by atoms with Gasteiger partial charge < -0.3 is 10.8 Å². The molecule has 13 heavy (non-hydrogen) atoms. The number of halogens is 2. The van der Waals surface area contributed by atoms with Gasteiger partial charge in [0.2, 0.25) is 0 Å². The number of β-amino-alcohol motifs (C(OH)–C–C–N with tert-alkyl or cyclic N) is 1. The quantitative estimate of drug-likeness (QED) is 0.485. The van der Waals surface area contributed by atoms with E-state index in [0.29, 0.717) is 0 Å². The van der Waals surface area contributed by atoms with Crippen LogP contribution < -0.4 is 11.2 Å². The number of carbonyl (C=O) groups is 1. The Morgan fingerprint density at radius 1 is 1.69 bits per heavy atom. The molecule has 1 rings (SSSR count). The molecule has 1 aliphatic rings. The van der Waals surface area contributed by atoms with Crippen LogP contribution in [0, 0.1) is 0 Å². The molecule has 1 heterocycles. The summed E-state index contributed by atoms with van der Waals surface area (Å²) in [5.74, 6) is -1.08. The van der Waals surface area contributed by atoms with Crippen molar-refractivity contribution in [1.29, 1.82) is 0 Å². The highest BCUT2D eigenvalue weighted by Crippen LogP contribution is 2.20. The van der Waals surface area contributed by atoms with Crippen molar-refractivity contribution in [3.05, 3.63) is 0 Å². The Hall–Kier alpha value is -1.28. The highest BCUT2D eigenvalue weighted by Gasteiger charge is 2.45. The Kier molecular flexibility index (Phi) is 2.43. The summed E-state index contributed by atoms with van der Waals surface area (Å²) in [5, 5.41) is 8.65. The first-order valence-electron chi connectivity index (χ1n) is 3.40. The third-order valence-electron chi connectivity index (χ3n) is 1.42. The van der Waals surface area contributed by atoms with E-state index in [0.717, 1.165) is 0 Å². The average molecular weight is 194 g/mol. The second-order valence-corrected chi connectivity index (χ2v) is 2.33. The number of nitrogens with zero attached hydrogens (tertiary/aromatic N) is 2. The summed E-state index contributed by atoms with van der Waals surface area (Å²) >= 11 is 0. The molecule has 0 saturated heterocycles. The van der Waals surface area contributed by atoms with Crippen molar-refractivity contribution in [1.82, 2.24) is 10.4 Å². The molecule has 1 aliphatic heterocycles. The second-order valence-electron chi connectivity index (χ2n) is 2.33. The third-order valence-corrected chi connectivity index (χ3v) is 1.42. The van der Waals surface area contributed by atoms with Gasteiger partial charge in [0.15, 0.2) is 5.84 Å². The molecule has 0 saturated carbocycles. The Morgan fingerprint density at radius 3 is 2.85 bits per heavy atom. The van der Waals surface area contributed by atoms with E-state index in [4.69, 9.17) is 10.8 Å². The molecule has 0 aromatic carbocycles. The number of alkyl halides is 2. The van der Waals surface area contributed by atoms with Crippen molar-refractivity contribution in [2.24, 2.45) is 10.7 Å². The predicted molar refractivity (Wildman–Crippen MR) is 38.9 cm³/mol. The van der Waals surface area contributed by atoms with Crippen LogP contribution in [0.25, 0.3) is 0 Å². The minimum atomic E-state index is -3.54. The average Bonchev–Trinajstić information content (AvgIpc) is 2.01. The largest absolute Gasteiger partial charge is 0.395 e. The van der Waals surface area contributed by atoms with Crippen LogP contribution >= 0.6 is 0 Å². The molecule has 0 radical (unpaired) electrons. The van der Waals surface area contributed by atoms with E-state index in [1.165, 1.54) is 0 Å². The predicted octanol–water partition coefficient (Wildman–Crippen LogP) is -1.13. The van der Waals surface area contributed by atoms with Gasteiger partial charge in [0.25, 0.3) is 0 Å². The van der Waals surface area contributed by atoms with Crippen LogP contribution in [0.1, 0.15) is 0 Å². The number of hydrazine groups is 1. The van der Waals surface area contributed by atoms with Crippen LogP contribution in [-0.2, 0) is 0 Å². The zero-order chi connectivity index (χ0) is 10.1. The summed E-state index contributed by atoms with van der Waals surface area (Å²) in [7, 11) is 0. The van der Waals surface area contributed by atoms with Crippen LogP contribution in [0.5, 0.6) is 0 Å². The summed E-state index contributed by atoms with van der Waals surface area (Å²) in [6, 6.07) is -4.52. The normalized spacial score (nSPS) is 22.4. The molecule has 2 amide bonds. The lowest BCUT2D eigenvalue weighted by Gasteiger charge is -2.32. The van der Waals surface area contributed by atoms with Crippen LogP contribution in [0.3, 0.4) is 0 Å². The monoisotopic (exact) mass is 194 g/mol. The summed E-state index contributed by atoms with van der Waals surface area (Å²) in [5.41, 5.74) is 6.59. The summed E-state index contributed by atoms with van der Waals surface area (Å²) < 4.78 is 25.9. The Bertz CT molecular complexity index is 255. The van der Waals surface area contributed by atoms with Gasteiger partial charge in [-0.1, -0.05) is 0 Å². The van der Waals surface area contributed by atoms with Gasteiger partial charge >= 0.3 is 12.1 Å². The number of nitrogens with two attached hydrogens (primary N) is 1. The van der Waals surface area contributed by atoms with Gasteiger partial charge in [0.1, 0.15) is 0 Å². The minimum Gasteiger partial charge on any atom is -0.395 e. The lowest BCUT2D eigenvalue weighted by atomic mass is 10.4. The van der Waals surface area contributed by atoms with Gasteiger partial charge in [-0.25, -0.2) is 4.79 Å². The van der Waals surface area contributed by atoms with E-state index < -0.39 is 31.1 Å². The molecule has 8 heteroatoms. The van der Waals surface area contributed by atoms with E-state index >= 15 is 0 Å². The topological polar surface area (TPSA) is 90.9 Å². The molecule has 74 valence electrons. The highest BCUT2D eigenvalue weighted by molar-refractivity contribution is 5.98. The van der Waals surface area contributed by atoms with Gasteiger partial charge in [0.05, 0.1) is 6.61 Å². The summed E-state index contributed by atoms with van der Waals surface area (Å²) in [6.07, 6.45) is 0. The molecule has 0 spiro atoms. The van der Waals surface area contributed by atoms with Gasteiger partial charge in [-0.2, -0.15) is 13.8 Å². The van der Waals surface area contributed by atoms with Crippen molar-refractivity contribution in [2.75, 3.05) is 13.2 Å². The second kappa shape index (κ2) is 3.23. The number of hydrogen-bond donors (Lipinski definition) is 3. The van der Waals surface area contributed by atoms with Gasteiger partial charge in [-0.05, 0) is 0 Å². The maximum Gasteiger partial charge on any atom is 0.379 e. The molecule has 0 aromatic rings. The third kappa shape index (κ3) is 1.73. The first kappa shape index (κ1) is 9.81. The van der Waals surface area contributed by atoms with Crippen molar-refractivity contribution in [2.45, 2.75) is 6.05 Å². The van der Waals surface area contributed by atoms with E-state index in [-0.39, 0.29) is 5.01 Å². The molecular weight excluding hydrogens is 186 g/mol. The lowest BCUT2D eigenvalue weighted by molar-refractivity contribution is -0.115. The number of aliphatic imine (C=N–C) groups is 1. The molecule has 6 nitrogen and oxygen atoms in total. The summed E-state index contributed by atoms with van der Waals surface area (Å²) in [4.78, 5) is 13.5. The Morgan fingerprint density at radius 2 is 2.31 bits per heavy atom. The maximum atomic E-state index is 13.0. The van der Waals surface area contributed by atoms with E-state index in [1.807, 2.05) is 0 Å². The van der Waals surface area contributed by atoms with Crippen molar-refractivity contribution in [3.8, 4) is 0 Å². The fraction of sp³-hybridized carbons (Fsp3) is 0.600. The molecule has 0 fully saturated rings. The number of urea groups is 1. The highest BCUT2D eigenvalue weighted by atomic mass is 19.3. The molecular formula is C5H8F2N4O2. The van der Waals surface area contributed by atoms with Crippen LogP contribution in [0.2, 0.25) is 0 Å². The first-order chi connectivity index (χ1) is 5.98. The smallest absolute Gasteiger partial charge is 0.379 e. The van der Waals surface area contributed by atoms with Gasteiger partial charge in [-0.15, -0.1) is 5.01 Å². The number of aliphatic hydroxyl groups excluding tert-OH is 1. The lowest BCUT2D eigenvalue weighted by Crippen LogP contribution is -2.62. The first-order valence-corrected chi connectivity index (χ1v) is 3.40. The Balaban J connectivity index is 2.87. The summed E-state index contributed by atoms with van der Waals surface area (Å²) in [6.45, 7) is -0.946. The van der Waals surface area contributed by atoms with Crippen LogP contribution in [0.15, 0.2) is 4.99 Å². The number of rotatable bonds is 2. The van der Waals surface area contributed by atoms with E-state index in [2.05, 4.69) is 4.99 Å². The molecule has 0 bridgehead atoms. The van der Waals surface area contributed by atoms with Crippen molar-refractivity contribution in [3.63, 3.8) is 0 Å². The molecule has 0 unspecified atom stereocenters. The number of aliphatic hydroxyl groups is 1. The number of carbonyl (C=O) groups excluding carboxylic acids is 1. The number of nitrogens with one attached hydrogen (secondary N) is 1. The number of hydrogen-bond acceptors (Lipinski definition) is 4. The van der Waals surface area contributed by atoms with Crippen molar-refractivity contribution < 1.29 is 18.7 Å². The van der Waals surface area contributed by atoms with Crippen LogP contribution in [-0.4, -0.2) is 41.2 Å². The minimum absolute atomic E-state index is 0.234. The zero-order valence-corrected chi connectivity index (χ0v) is 6.50. The standard InChI is InChI=1S/C5H8F2N4O2/c6-5(7)3(8)9-4(13)10-11(5)1-2-12/h12H,1-2H2,(H3,8,9,10,13). The maximum absolute atomic E-state index is 13.0. The SMILES string of the molecule is NC1=NC(=O)NN(CCO)C1(F)F. The fourth-order valence-electron chi connectivity index (χ4n) is 0.822. The van der Waals surface area contributed by atoms with E-state index in [1.54, 1.807) is 5.43 Å². The van der Waals surface area contributed by atoms with E-state index in [9.17, 15) is 13.6 Å². The fourth-order valence-corrected chi connectivity index (χ4v) is 0.822. The zero-order valence-electron chi connectivity index (χ0n) is 6.50. The number of amidine groups is 1. The molecule has 4 N–H and O–H groups in total. The van der Waals surface area contributed by atoms with Crippen LogP contribution in [0.4, 0.5) is 13.6 Å². The van der Waals surface area contributed by atoms with Gasteiger partial charge in [-0.3, -0.25) is 5.43 Å². The Labute approximate surface area is 72.0 Å². The molecule has 0 aliphatic carbocycles. The number of amides is 2. The van der Waals surface area contributed by atoms with Gasteiger partial charge in [0, 0.05) is 6.54 Å². The molecule has 0 aromatic heterocycles. The van der Waals surface area contributed by atoms with Crippen molar-refractivity contribution >= 4 is 11.9 Å². The molecule has 0 atom stereocenters.